The lowest BCUT2D eigenvalue weighted by Crippen LogP contribution is -2.21. The quantitative estimate of drug-likeness (QED) is 0.549. The highest BCUT2D eigenvalue weighted by molar-refractivity contribution is 5.21. The molecule has 0 fully saturated rings. The molecule has 1 rings (SSSR count). The monoisotopic (exact) mass is 233 g/mol. The molecule has 1 N–H and O–H groups in total. The van der Waals surface area contributed by atoms with Gasteiger partial charge < -0.3 is 10.1 Å². The number of benzene rings is 1. The lowest BCUT2D eigenvalue weighted by molar-refractivity contribution is 0.125. The third-order valence-corrected chi connectivity index (χ3v) is 2.47. The molecule has 0 saturated heterocycles. The molecule has 0 unspecified atom stereocenters. The summed E-state index contributed by atoms with van der Waals surface area (Å²) in [6, 6.07) is 9.09. The maximum atomic E-state index is 5.51. The zero-order valence-corrected chi connectivity index (χ0v) is 10.9. The number of hydrogen-bond acceptors (Lipinski definition) is 2. The van der Waals surface area contributed by atoms with Crippen molar-refractivity contribution in [1.29, 1.82) is 0 Å². The average Bonchev–Trinajstić information content (AvgIpc) is 2.33. The van der Waals surface area contributed by atoms with Crippen molar-refractivity contribution in [1.82, 2.24) is 5.32 Å². The van der Waals surface area contributed by atoms with Crippen molar-refractivity contribution in [2.45, 2.75) is 39.5 Å². The molecule has 0 amide bonds. The van der Waals surface area contributed by atoms with Gasteiger partial charge in [-0.05, 0) is 17.5 Å². The Balaban J connectivity index is 2.31. The smallest absolute Gasteiger partial charge is 0.0717 e. The van der Waals surface area contributed by atoms with Crippen LogP contribution in [0.15, 0.2) is 36.9 Å². The third kappa shape index (κ3) is 6.25. The Morgan fingerprint density at radius 3 is 2.47 bits per heavy atom. The summed E-state index contributed by atoms with van der Waals surface area (Å²) < 4.78 is 5.51. The van der Waals surface area contributed by atoms with E-state index in [-0.39, 0.29) is 0 Å². The van der Waals surface area contributed by atoms with E-state index in [9.17, 15) is 0 Å². The highest BCUT2D eigenvalue weighted by atomic mass is 16.5. The molecule has 0 aromatic heterocycles. The summed E-state index contributed by atoms with van der Waals surface area (Å²) in [7, 11) is 0. The number of nitrogens with one attached hydrogen (secondary N) is 1. The molecule has 1 aromatic rings. The lowest BCUT2D eigenvalue weighted by Gasteiger charge is -2.09. The highest BCUT2D eigenvalue weighted by Crippen LogP contribution is 2.06. The fourth-order valence-electron chi connectivity index (χ4n) is 1.43. The van der Waals surface area contributed by atoms with Gasteiger partial charge in [-0.1, -0.05) is 44.2 Å². The van der Waals surface area contributed by atoms with E-state index in [4.69, 9.17) is 4.74 Å². The first kappa shape index (κ1) is 13.9. The molecule has 1 aromatic carbocycles. The maximum absolute atomic E-state index is 5.51. The molecule has 0 bridgehead atoms. The first-order chi connectivity index (χ1) is 8.22. The van der Waals surface area contributed by atoms with Crippen molar-refractivity contribution >= 4 is 0 Å². The minimum Gasteiger partial charge on any atom is -0.376 e. The van der Waals surface area contributed by atoms with Gasteiger partial charge in [0.15, 0.2) is 0 Å². The number of rotatable bonds is 8. The predicted molar refractivity (Wildman–Crippen MR) is 72.9 cm³/mol. The molecule has 0 aliphatic heterocycles. The molecule has 94 valence electrons. The normalized spacial score (nSPS) is 10.8. The summed E-state index contributed by atoms with van der Waals surface area (Å²) in [5.74, 6) is 0. The fraction of sp³-hybridized carbons (Fsp3) is 0.467. The molecule has 0 saturated carbocycles. The van der Waals surface area contributed by atoms with Crippen molar-refractivity contribution in [2.24, 2.45) is 0 Å². The van der Waals surface area contributed by atoms with Crippen LogP contribution in [0.1, 0.15) is 31.4 Å². The van der Waals surface area contributed by atoms with Gasteiger partial charge in [-0.25, -0.2) is 0 Å². The van der Waals surface area contributed by atoms with E-state index in [0.717, 1.165) is 19.6 Å². The standard InChI is InChI=1S/C15H23NO/c1-4-5-10-17-12-15-8-6-14(7-9-15)11-16-13(2)3/h4,6-9,13,16H,1,5,10-12H2,2-3H3. The molecule has 2 nitrogen and oxygen atoms in total. The Hall–Kier alpha value is -1.12. The van der Waals surface area contributed by atoms with E-state index in [1.807, 2.05) is 6.08 Å². The van der Waals surface area contributed by atoms with Gasteiger partial charge in [-0.2, -0.15) is 0 Å². The molecular weight excluding hydrogens is 210 g/mol. The predicted octanol–water partition coefficient (Wildman–Crippen LogP) is 3.28. The summed E-state index contributed by atoms with van der Waals surface area (Å²) in [6.45, 7) is 10.3. The van der Waals surface area contributed by atoms with Crippen LogP contribution in [-0.2, 0) is 17.9 Å². The summed E-state index contributed by atoms with van der Waals surface area (Å²) in [5, 5.41) is 3.40. The van der Waals surface area contributed by atoms with E-state index in [1.165, 1.54) is 11.1 Å². The SMILES string of the molecule is C=CCCOCc1ccc(CNC(C)C)cc1. The lowest BCUT2D eigenvalue weighted by atomic mass is 10.1. The Morgan fingerprint density at radius 1 is 1.24 bits per heavy atom. The van der Waals surface area contributed by atoms with Crippen LogP contribution in [0.25, 0.3) is 0 Å². The second-order valence-corrected chi connectivity index (χ2v) is 4.48. The van der Waals surface area contributed by atoms with Gasteiger partial charge >= 0.3 is 0 Å². The largest absolute Gasteiger partial charge is 0.376 e. The number of hydrogen-bond donors (Lipinski definition) is 1. The van der Waals surface area contributed by atoms with Crippen molar-refractivity contribution in [2.75, 3.05) is 6.61 Å². The van der Waals surface area contributed by atoms with Gasteiger partial charge in [0.1, 0.15) is 0 Å². The topological polar surface area (TPSA) is 21.3 Å². The van der Waals surface area contributed by atoms with Crippen molar-refractivity contribution < 1.29 is 4.74 Å². The van der Waals surface area contributed by atoms with Gasteiger partial charge in [0.2, 0.25) is 0 Å². The van der Waals surface area contributed by atoms with Crippen LogP contribution >= 0.6 is 0 Å². The van der Waals surface area contributed by atoms with E-state index in [0.29, 0.717) is 12.6 Å². The van der Waals surface area contributed by atoms with Crippen molar-refractivity contribution in [3.05, 3.63) is 48.0 Å². The first-order valence-electron chi connectivity index (χ1n) is 6.22. The summed E-state index contributed by atoms with van der Waals surface area (Å²) in [4.78, 5) is 0. The van der Waals surface area contributed by atoms with Gasteiger partial charge in [-0.3, -0.25) is 0 Å². The van der Waals surface area contributed by atoms with Crippen LogP contribution in [0.2, 0.25) is 0 Å². The van der Waals surface area contributed by atoms with Crippen LogP contribution < -0.4 is 5.32 Å². The Morgan fingerprint density at radius 2 is 1.88 bits per heavy atom. The Kier molecular flexibility index (Phi) is 6.60. The summed E-state index contributed by atoms with van der Waals surface area (Å²) in [6.07, 6.45) is 2.79. The average molecular weight is 233 g/mol. The molecule has 0 radical (unpaired) electrons. The van der Waals surface area contributed by atoms with E-state index >= 15 is 0 Å². The summed E-state index contributed by atoms with van der Waals surface area (Å²) in [5.41, 5.74) is 2.54. The van der Waals surface area contributed by atoms with Crippen molar-refractivity contribution in [3.63, 3.8) is 0 Å². The fourth-order valence-corrected chi connectivity index (χ4v) is 1.43. The van der Waals surface area contributed by atoms with Crippen LogP contribution in [0, 0.1) is 0 Å². The summed E-state index contributed by atoms with van der Waals surface area (Å²) >= 11 is 0. The minimum atomic E-state index is 0.525. The molecule has 17 heavy (non-hydrogen) atoms. The zero-order valence-electron chi connectivity index (χ0n) is 10.9. The highest BCUT2D eigenvalue weighted by Gasteiger charge is 1.96. The molecule has 0 aliphatic carbocycles. The molecule has 2 heteroatoms. The molecule has 0 aliphatic rings. The minimum absolute atomic E-state index is 0.525. The maximum Gasteiger partial charge on any atom is 0.0717 e. The van der Waals surface area contributed by atoms with Gasteiger partial charge in [0.25, 0.3) is 0 Å². The van der Waals surface area contributed by atoms with E-state index in [1.54, 1.807) is 0 Å². The van der Waals surface area contributed by atoms with Crippen LogP contribution in [-0.4, -0.2) is 12.6 Å². The zero-order chi connectivity index (χ0) is 12.5. The molecule has 0 heterocycles. The van der Waals surface area contributed by atoms with Gasteiger partial charge in [0.05, 0.1) is 13.2 Å². The Labute approximate surface area is 105 Å². The molecule has 0 atom stereocenters. The van der Waals surface area contributed by atoms with Crippen LogP contribution in [0.5, 0.6) is 0 Å². The molecular formula is C15H23NO. The number of ether oxygens (including phenoxy) is 1. The second kappa shape index (κ2) is 8.04. The van der Waals surface area contributed by atoms with Gasteiger partial charge in [0, 0.05) is 12.6 Å². The van der Waals surface area contributed by atoms with E-state index < -0.39 is 0 Å². The van der Waals surface area contributed by atoms with Crippen molar-refractivity contribution in [3.8, 4) is 0 Å². The van der Waals surface area contributed by atoms with E-state index in [2.05, 4.69) is 50.0 Å². The second-order valence-electron chi connectivity index (χ2n) is 4.48. The Bertz CT molecular complexity index is 316. The van der Waals surface area contributed by atoms with Gasteiger partial charge in [-0.15, -0.1) is 6.58 Å². The third-order valence-electron chi connectivity index (χ3n) is 2.47. The molecule has 0 spiro atoms. The van der Waals surface area contributed by atoms with Crippen LogP contribution in [0.3, 0.4) is 0 Å². The van der Waals surface area contributed by atoms with Crippen LogP contribution in [0.4, 0.5) is 0 Å². The first-order valence-corrected chi connectivity index (χ1v) is 6.22.